The molecule has 2 heterocycles. The van der Waals surface area contributed by atoms with Crippen molar-refractivity contribution in [1.29, 1.82) is 0 Å². The molecule has 1 saturated heterocycles. The van der Waals surface area contributed by atoms with Crippen molar-refractivity contribution < 1.29 is 0 Å². The molecule has 0 radical (unpaired) electrons. The molecule has 0 saturated carbocycles. The molecule has 3 rings (SSSR count). The molecule has 1 N–H and O–H groups in total. The van der Waals surface area contributed by atoms with Gasteiger partial charge in [-0.3, -0.25) is 9.88 Å². The summed E-state index contributed by atoms with van der Waals surface area (Å²) in [4.78, 5) is 6.56. The Hall–Kier alpha value is -1.13. The minimum atomic E-state index is 0. The normalized spacial score (nSPS) is 19.0. The van der Waals surface area contributed by atoms with Gasteiger partial charge in [0, 0.05) is 49.6 Å². The Balaban J connectivity index is 0.00000161. The summed E-state index contributed by atoms with van der Waals surface area (Å²) < 4.78 is 0. The first-order valence-corrected chi connectivity index (χ1v) is 7.30. The molecule has 3 nitrogen and oxygen atoms in total. The molecule has 0 bridgehead atoms. The first-order chi connectivity index (χ1) is 9.84. The highest BCUT2D eigenvalue weighted by Gasteiger charge is 2.25. The van der Waals surface area contributed by atoms with E-state index in [0.717, 1.165) is 31.2 Å². The van der Waals surface area contributed by atoms with E-state index in [2.05, 4.69) is 39.5 Å². The van der Waals surface area contributed by atoms with E-state index >= 15 is 0 Å². The molecule has 1 aliphatic heterocycles. The van der Waals surface area contributed by atoms with Gasteiger partial charge in [0.05, 0.1) is 0 Å². The van der Waals surface area contributed by atoms with Crippen molar-refractivity contribution in [3.63, 3.8) is 0 Å². The molecular formula is C16H19Cl2N3. The van der Waals surface area contributed by atoms with Crippen LogP contribution < -0.4 is 5.32 Å². The first kappa shape index (κ1) is 16.2. The van der Waals surface area contributed by atoms with Crippen LogP contribution in [0.4, 0.5) is 0 Å². The summed E-state index contributed by atoms with van der Waals surface area (Å²) in [5.74, 6) is 0. The number of nitrogens with one attached hydrogen (secondary N) is 1. The smallest absolute Gasteiger partial charge is 0.0491 e. The summed E-state index contributed by atoms with van der Waals surface area (Å²) in [6.45, 7) is 3.92. The van der Waals surface area contributed by atoms with E-state index < -0.39 is 0 Å². The average molecular weight is 324 g/mol. The third-order valence-electron chi connectivity index (χ3n) is 3.75. The average Bonchev–Trinajstić information content (AvgIpc) is 2.50. The van der Waals surface area contributed by atoms with Crippen LogP contribution in [0, 0.1) is 0 Å². The van der Waals surface area contributed by atoms with Gasteiger partial charge in [0.2, 0.25) is 0 Å². The molecule has 1 fully saturated rings. The van der Waals surface area contributed by atoms with Gasteiger partial charge >= 0.3 is 0 Å². The number of benzene rings is 1. The fraction of sp³-hybridized carbons (Fsp3) is 0.312. The van der Waals surface area contributed by atoms with Gasteiger partial charge < -0.3 is 5.32 Å². The molecule has 0 amide bonds. The van der Waals surface area contributed by atoms with Gasteiger partial charge in [-0.25, -0.2) is 0 Å². The molecule has 1 atom stereocenters. The maximum Gasteiger partial charge on any atom is 0.0491 e. The van der Waals surface area contributed by atoms with Crippen LogP contribution in [0.15, 0.2) is 48.8 Å². The summed E-state index contributed by atoms with van der Waals surface area (Å²) in [5.41, 5.74) is 2.49. The number of halogens is 2. The van der Waals surface area contributed by atoms with Gasteiger partial charge in [0.1, 0.15) is 0 Å². The SMILES string of the molecule is Cl.Clc1ccccc1C1CNCCN1Cc1ccncc1. The second-order valence-electron chi connectivity index (χ2n) is 5.07. The molecule has 0 spiro atoms. The molecule has 1 aromatic carbocycles. The third-order valence-corrected chi connectivity index (χ3v) is 4.10. The highest BCUT2D eigenvalue weighted by atomic mass is 35.5. The number of nitrogens with zero attached hydrogens (tertiary/aromatic N) is 2. The van der Waals surface area contributed by atoms with E-state index in [0.29, 0.717) is 6.04 Å². The largest absolute Gasteiger partial charge is 0.314 e. The van der Waals surface area contributed by atoms with Crippen molar-refractivity contribution >= 4 is 24.0 Å². The molecule has 1 unspecified atom stereocenters. The molecule has 1 aromatic heterocycles. The molecule has 21 heavy (non-hydrogen) atoms. The number of pyridine rings is 1. The van der Waals surface area contributed by atoms with E-state index in [1.54, 1.807) is 0 Å². The van der Waals surface area contributed by atoms with E-state index in [-0.39, 0.29) is 12.4 Å². The minimum Gasteiger partial charge on any atom is -0.314 e. The Labute approximate surface area is 136 Å². The zero-order valence-corrected chi connectivity index (χ0v) is 13.3. The fourth-order valence-corrected chi connectivity index (χ4v) is 2.97. The zero-order valence-electron chi connectivity index (χ0n) is 11.7. The topological polar surface area (TPSA) is 28.2 Å². The highest BCUT2D eigenvalue weighted by Crippen LogP contribution is 2.29. The van der Waals surface area contributed by atoms with Crippen LogP contribution in [0.2, 0.25) is 5.02 Å². The van der Waals surface area contributed by atoms with Crippen LogP contribution in [0.3, 0.4) is 0 Å². The van der Waals surface area contributed by atoms with Gasteiger partial charge in [-0.15, -0.1) is 12.4 Å². The summed E-state index contributed by atoms with van der Waals surface area (Å²) >= 11 is 6.36. The maximum atomic E-state index is 6.36. The van der Waals surface area contributed by atoms with E-state index in [9.17, 15) is 0 Å². The Morgan fingerprint density at radius 1 is 1.19 bits per heavy atom. The van der Waals surface area contributed by atoms with Crippen LogP contribution in [0.1, 0.15) is 17.2 Å². The Morgan fingerprint density at radius 2 is 1.95 bits per heavy atom. The standard InChI is InChI=1S/C16H18ClN3.ClH/c17-15-4-2-1-3-14(15)16-11-19-9-10-20(16)12-13-5-7-18-8-6-13;/h1-8,16,19H,9-12H2;1H. The van der Waals surface area contributed by atoms with Crippen molar-refractivity contribution in [3.8, 4) is 0 Å². The predicted molar refractivity (Wildman–Crippen MR) is 89.0 cm³/mol. The Bertz CT molecular complexity index is 562. The Kier molecular flexibility index (Phi) is 6.00. The van der Waals surface area contributed by atoms with Gasteiger partial charge in [-0.05, 0) is 29.3 Å². The van der Waals surface area contributed by atoms with Gasteiger partial charge in [-0.2, -0.15) is 0 Å². The lowest BCUT2D eigenvalue weighted by Crippen LogP contribution is -2.45. The quantitative estimate of drug-likeness (QED) is 0.939. The van der Waals surface area contributed by atoms with Crippen molar-refractivity contribution in [2.75, 3.05) is 19.6 Å². The predicted octanol–water partition coefficient (Wildman–Crippen LogP) is 3.30. The lowest BCUT2D eigenvalue weighted by molar-refractivity contribution is 0.154. The van der Waals surface area contributed by atoms with Gasteiger partial charge in [0.25, 0.3) is 0 Å². The van der Waals surface area contributed by atoms with Crippen molar-refractivity contribution in [3.05, 3.63) is 64.9 Å². The summed E-state index contributed by atoms with van der Waals surface area (Å²) in [6, 6.07) is 12.6. The monoisotopic (exact) mass is 323 g/mol. The molecular weight excluding hydrogens is 305 g/mol. The highest BCUT2D eigenvalue weighted by molar-refractivity contribution is 6.31. The lowest BCUT2D eigenvalue weighted by atomic mass is 10.0. The lowest BCUT2D eigenvalue weighted by Gasteiger charge is -2.37. The molecule has 2 aromatic rings. The second-order valence-corrected chi connectivity index (χ2v) is 5.47. The first-order valence-electron chi connectivity index (χ1n) is 6.92. The fourth-order valence-electron chi connectivity index (χ4n) is 2.71. The van der Waals surface area contributed by atoms with Crippen LogP contribution >= 0.6 is 24.0 Å². The molecule has 5 heteroatoms. The number of rotatable bonds is 3. The van der Waals surface area contributed by atoms with Crippen LogP contribution in [-0.2, 0) is 6.54 Å². The van der Waals surface area contributed by atoms with Crippen molar-refractivity contribution in [1.82, 2.24) is 15.2 Å². The minimum absolute atomic E-state index is 0. The number of piperazine rings is 1. The Morgan fingerprint density at radius 3 is 2.71 bits per heavy atom. The summed E-state index contributed by atoms with van der Waals surface area (Å²) in [6.07, 6.45) is 3.70. The molecule has 0 aliphatic carbocycles. The number of hydrogen-bond acceptors (Lipinski definition) is 3. The summed E-state index contributed by atoms with van der Waals surface area (Å²) in [7, 11) is 0. The van der Waals surface area contributed by atoms with Crippen molar-refractivity contribution in [2.24, 2.45) is 0 Å². The second kappa shape index (κ2) is 7.76. The van der Waals surface area contributed by atoms with E-state index in [1.807, 2.05) is 24.5 Å². The van der Waals surface area contributed by atoms with Crippen molar-refractivity contribution in [2.45, 2.75) is 12.6 Å². The number of aromatic nitrogens is 1. The van der Waals surface area contributed by atoms with Gasteiger partial charge in [-0.1, -0.05) is 29.8 Å². The van der Waals surface area contributed by atoms with E-state index in [1.165, 1.54) is 11.1 Å². The maximum absolute atomic E-state index is 6.36. The third kappa shape index (κ3) is 3.95. The number of hydrogen-bond donors (Lipinski definition) is 1. The summed E-state index contributed by atoms with van der Waals surface area (Å²) in [5, 5.41) is 4.31. The zero-order chi connectivity index (χ0) is 13.8. The van der Waals surface area contributed by atoms with Crippen LogP contribution in [-0.4, -0.2) is 29.5 Å². The van der Waals surface area contributed by atoms with Crippen LogP contribution in [0.25, 0.3) is 0 Å². The molecule has 1 aliphatic rings. The van der Waals surface area contributed by atoms with Crippen LogP contribution in [0.5, 0.6) is 0 Å². The molecule has 112 valence electrons. The van der Waals surface area contributed by atoms with Gasteiger partial charge in [0.15, 0.2) is 0 Å². The van der Waals surface area contributed by atoms with E-state index in [4.69, 9.17) is 11.6 Å².